The van der Waals surface area contributed by atoms with Crippen LogP contribution in [0.4, 0.5) is 0 Å². The van der Waals surface area contributed by atoms with E-state index < -0.39 is 0 Å². The van der Waals surface area contributed by atoms with Crippen molar-refractivity contribution >= 4 is 0 Å². The molecule has 0 aliphatic carbocycles. The second kappa shape index (κ2) is 9.42. The molecule has 0 aromatic rings. The summed E-state index contributed by atoms with van der Waals surface area (Å²) in [5.41, 5.74) is 0.479. The lowest BCUT2D eigenvalue weighted by atomic mass is 9.60. The van der Waals surface area contributed by atoms with E-state index in [4.69, 9.17) is 0 Å². The maximum Gasteiger partial charge on any atom is -0.0240 e. The summed E-state index contributed by atoms with van der Waals surface area (Å²) in [4.78, 5) is 0. The Hall–Kier alpha value is -0.520. The maximum atomic E-state index is 3.96. The fourth-order valence-electron chi connectivity index (χ4n) is 3.52. The van der Waals surface area contributed by atoms with Gasteiger partial charge in [-0.05, 0) is 42.9 Å². The minimum absolute atomic E-state index is 0.479. The molecule has 0 bridgehead atoms. The van der Waals surface area contributed by atoms with Gasteiger partial charge in [-0.1, -0.05) is 59.1 Å². The van der Waals surface area contributed by atoms with E-state index in [-0.39, 0.29) is 0 Å². The highest BCUT2D eigenvalue weighted by Gasteiger charge is 2.38. The lowest BCUT2D eigenvalue weighted by Gasteiger charge is -2.44. The van der Waals surface area contributed by atoms with Crippen molar-refractivity contribution < 1.29 is 0 Å². The first kappa shape index (κ1) is 17.5. The van der Waals surface area contributed by atoms with Gasteiger partial charge < -0.3 is 0 Å². The first-order valence-corrected chi connectivity index (χ1v) is 7.80. The number of allylic oxidation sites excluding steroid dienone is 2. The van der Waals surface area contributed by atoms with Gasteiger partial charge in [0, 0.05) is 0 Å². The van der Waals surface area contributed by atoms with E-state index in [0.29, 0.717) is 5.41 Å². The van der Waals surface area contributed by atoms with Crippen molar-refractivity contribution in [1.29, 1.82) is 0 Å². The van der Waals surface area contributed by atoms with Gasteiger partial charge in [-0.15, -0.1) is 13.2 Å². The smallest absolute Gasteiger partial charge is 0.0240 e. The third kappa shape index (κ3) is 4.63. The third-order valence-corrected chi connectivity index (χ3v) is 4.58. The predicted molar refractivity (Wildman–Crippen MR) is 84.8 cm³/mol. The topological polar surface area (TPSA) is 0 Å². The molecule has 106 valence electrons. The highest BCUT2D eigenvalue weighted by molar-refractivity contribution is 4.94. The summed E-state index contributed by atoms with van der Waals surface area (Å²) in [6.07, 6.45) is 13.1. The Morgan fingerprint density at radius 1 is 0.944 bits per heavy atom. The van der Waals surface area contributed by atoms with Crippen molar-refractivity contribution in [2.75, 3.05) is 0 Å². The van der Waals surface area contributed by atoms with Crippen LogP contribution in [0.1, 0.15) is 72.6 Å². The van der Waals surface area contributed by atoms with Gasteiger partial charge in [0.15, 0.2) is 0 Å². The fourth-order valence-corrected chi connectivity index (χ4v) is 3.52. The lowest BCUT2D eigenvalue weighted by molar-refractivity contribution is 0.0628. The number of hydrogen-bond acceptors (Lipinski definition) is 0. The molecule has 0 saturated heterocycles. The molecule has 0 fully saturated rings. The molecule has 0 aliphatic rings. The first-order valence-electron chi connectivity index (χ1n) is 7.80. The van der Waals surface area contributed by atoms with Gasteiger partial charge in [0.05, 0.1) is 0 Å². The molecule has 0 aliphatic heterocycles. The zero-order chi connectivity index (χ0) is 14.0. The van der Waals surface area contributed by atoms with E-state index in [9.17, 15) is 0 Å². The molecule has 0 amide bonds. The van der Waals surface area contributed by atoms with Crippen LogP contribution in [0, 0.1) is 17.3 Å². The molecular formula is C18H34. The van der Waals surface area contributed by atoms with Gasteiger partial charge in [0.1, 0.15) is 0 Å². The summed E-state index contributed by atoms with van der Waals surface area (Å²) in [5, 5.41) is 0. The minimum Gasteiger partial charge on any atom is -0.103 e. The molecule has 0 nitrogen and oxygen atoms in total. The zero-order valence-electron chi connectivity index (χ0n) is 13.2. The van der Waals surface area contributed by atoms with Crippen LogP contribution in [0.15, 0.2) is 25.3 Å². The molecule has 0 spiro atoms. The van der Waals surface area contributed by atoms with Crippen molar-refractivity contribution in [3.8, 4) is 0 Å². The fraction of sp³-hybridized carbons (Fsp3) is 0.778. The lowest BCUT2D eigenvalue weighted by Crippen LogP contribution is -2.35. The molecule has 0 heteroatoms. The Morgan fingerprint density at radius 2 is 1.50 bits per heavy atom. The van der Waals surface area contributed by atoms with Crippen LogP contribution in [0.3, 0.4) is 0 Å². The van der Waals surface area contributed by atoms with Crippen LogP contribution < -0.4 is 0 Å². The summed E-state index contributed by atoms with van der Waals surface area (Å²) in [5.74, 6) is 1.47. The van der Waals surface area contributed by atoms with Gasteiger partial charge in [0.2, 0.25) is 0 Å². The third-order valence-electron chi connectivity index (χ3n) is 4.58. The van der Waals surface area contributed by atoms with Gasteiger partial charge in [-0.3, -0.25) is 0 Å². The predicted octanol–water partition coefficient (Wildman–Crippen LogP) is 6.39. The summed E-state index contributed by atoms with van der Waals surface area (Å²) >= 11 is 0. The van der Waals surface area contributed by atoms with Crippen molar-refractivity contribution in [3.05, 3.63) is 25.3 Å². The van der Waals surface area contributed by atoms with E-state index in [1.807, 2.05) is 0 Å². The monoisotopic (exact) mass is 250 g/mol. The minimum atomic E-state index is 0.479. The second-order valence-electron chi connectivity index (χ2n) is 5.99. The average molecular weight is 250 g/mol. The molecular weight excluding hydrogens is 216 g/mol. The van der Waals surface area contributed by atoms with E-state index in [1.165, 1.54) is 32.1 Å². The highest BCUT2D eigenvalue weighted by Crippen LogP contribution is 2.48. The number of rotatable bonds is 11. The van der Waals surface area contributed by atoms with Crippen LogP contribution >= 0.6 is 0 Å². The molecule has 0 aromatic heterocycles. The summed E-state index contributed by atoms with van der Waals surface area (Å²) in [7, 11) is 0. The standard InChI is InChI=1S/C18H34/c1-7-11-15-18(14-10-4,16(5)6)17(12-8-2)13-9-3/h8-9,16-17H,2-3,7,10-15H2,1,4-6H3. The van der Waals surface area contributed by atoms with Crippen molar-refractivity contribution in [1.82, 2.24) is 0 Å². The van der Waals surface area contributed by atoms with Crippen LogP contribution in [0.2, 0.25) is 0 Å². The van der Waals surface area contributed by atoms with Crippen LogP contribution in [-0.2, 0) is 0 Å². The van der Waals surface area contributed by atoms with E-state index in [0.717, 1.165) is 24.7 Å². The highest BCUT2D eigenvalue weighted by atomic mass is 14.4. The van der Waals surface area contributed by atoms with Gasteiger partial charge in [-0.2, -0.15) is 0 Å². The van der Waals surface area contributed by atoms with Crippen molar-refractivity contribution in [2.24, 2.45) is 17.3 Å². The molecule has 0 aromatic carbocycles. The maximum absolute atomic E-state index is 3.96. The van der Waals surface area contributed by atoms with E-state index in [1.54, 1.807) is 0 Å². The number of unbranched alkanes of at least 4 members (excludes halogenated alkanes) is 1. The average Bonchev–Trinajstić information content (AvgIpc) is 2.34. The molecule has 1 atom stereocenters. The van der Waals surface area contributed by atoms with Crippen LogP contribution in [-0.4, -0.2) is 0 Å². The van der Waals surface area contributed by atoms with Gasteiger partial charge in [-0.25, -0.2) is 0 Å². The van der Waals surface area contributed by atoms with Crippen molar-refractivity contribution in [2.45, 2.75) is 72.6 Å². The van der Waals surface area contributed by atoms with Crippen LogP contribution in [0.5, 0.6) is 0 Å². The van der Waals surface area contributed by atoms with E-state index in [2.05, 4.69) is 53.0 Å². The molecule has 0 radical (unpaired) electrons. The largest absolute Gasteiger partial charge is 0.103 e. The first-order chi connectivity index (χ1) is 8.58. The quantitative estimate of drug-likeness (QED) is 0.373. The Kier molecular flexibility index (Phi) is 9.14. The van der Waals surface area contributed by atoms with Crippen molar-refractivity contribution in [3.63, 3.8) is 0 Å². The molecule has 1 unspecified atom stereocenters. The Labute approximate surface area is 116 Å². The molecule has 18 heavy (non-hydrogen) atoms. The number of hydrogen-bond donors (Lipinski definition) is 0. The zero-order valence-corrected chi connectivity index (χ0v) is 13.2. The summed E-state index contributed by atoms with van der Waals surface area (Å²) < 4.78 is 0. The summed E-state index contributed by atoms with van der Waals surface area (Å²) in [6.45, 7) is 17.4. The summed E-state index contributed by atoms with van der Waals surface area (Å²) in [6, 6.07) is 0. The van der Waals surface area contributed by atoms with Gasteiger partial charge in [0.25, 0.3) is 0 Å². The molecule has 0 N–H and O–H groups in total. The SMILES string of the molecule is C=CCC(CC=C)C(CCC)(CCCC)C(C)C. The molecule has 0 rings (SSSR count). The van der Waals surface area contributed by atoms with Crippen LogP contribution in [0.25, 0.3) is 0 Å². The Morgan fingerprint density at radius 3 is 1.83 bits per heavy atom. The Bertz CT molecular complexity index is 216. The normalized spacial score (nSPS) is 14.8. The molecule has 0 saturated carbocycles. The molecule has 0 heterocycles. The second-order valence-corrected chi connectivity index (χ2v) is 5.99. The Balaban J connectivity index is 5.16. The van der Waals surface area contributed by atoms with E-state index >= 15 is 0 Å². The van der Waals surface area contributed by atoms with Gasteiger partial charge >= 0.3 is 0 Å².